The Morgan fingerprint density at radius 3 is 2.94 bits per heavy atom. The van der Waals surface area contributed by atoms with E-state index in [1.165, 1.54) is 11.8 Å². The third kappa shape index (κ3) is 5.52. The molecule has 1 aliphatic carbocycles. The Hall–Kier alpha value is -0.360. The average Bonchev–Trinajstić information content (AvgIpc) is 2.28. The third-order valence-electron chi connectivity index (χ3n) is 2.98. The van der Waals surface area contributed by atoms with Crippen molar-refractivity contribution in [2.75, 3.05) is 18.1 Å². The van der Waals surface area contributed by atoms with Crippen LogP contribution in [0.4, 0.5) is 8.78 Å². The molecule has 0 amide bonds. The standard InChI is InChI=1S/C12H21F2NO2S/c1-2-17-11(16)10(15)8-18-7-9-4-3-5-12(13,14)6-9/h9-10H,2-8,15H2,1H3. The summed E-state index contributed by atoms with van der Waals surface area (Å²) >= 11 is 1.46. The van der Waals surface area contributed by atoms with Crippen molar-refractivity contribution in [2.45, 2.75) is 44.6 Å². The lowest BCUT2D eigenvalue weighted by Gasteiger charge is -2.28. The highest BCUT2D eigenvalue weighted by Gasteiger charge is 2.36. The molecule has 0 aromatic heterocycles. The van der Waals surface area contributed by atoms with Gasteiger partial charge in [0.15, 0.2) is 0 Å². The predicted molar refractivity (Wildman–Crippen MR) is 68.8 cm³/mol. The van der Waals surface area contributed by atoms with Crippen LogP contribution in [-0.4, -0.2) is 36.0 Å². The number of halogens is 2. The van der Waals surface area contributed by atoms with Crippen molar-refractivity contribution < 1.29 is 18.3 Å². The molecule has 0 aliphatic heterocycles. The number of hydrogen-bond donors (Lipinski definition) is 1. The molecule has 2 unspecified atom stereocenters. The molecule has 1 fully saturated rings. The van der Waals surface area contributed by atoms with E-state index in [1.54, 1.807) is 6.92 Å². The predicted octanol–water partition coefficient (Wildman–Crippen LogP) is 2.44. The van der Waals surface area contributed by atoms with Crippen molar-refractivity contribution in [3.63, 3.8) is 0 Å². The van der Waals surface area contributed by atoms with Gasteiger partial charge < -0.3 is 10.5 Å². The lowest BCUT2D eigenvalue weighted by Crippen LogP contribution is -2.35. The average molecular weight is 281 g/mol. The van der Waals surface area contributed by atoms with Gasteiger partial charge in [-0.25, -0.2) is 8.78 Å². The Kier molecular flexibility index (Phi) is 6.35. The largest absolute Gasteiger partial charge is 0.465 e. The van der Waals surface area contributed by atoms with Crippen molar-refractivity contribution >= 4 is 17.7 Å². The minimum atomic E-state index is -2.51. The van der Waals surface area contributed by atoms with Crippen molar-refractivity contribution in [3.8, 4) is 0 Å². The Bertz CT molecular complexity index is 277. The van der Waals surface area contributed by atoms with Gasteiger partial charge in [0.25, 0.3) is 0 Å². The van der Waals surface area contributed by atoms with Gasteiger partial charge in [-0.2, -0.15) is 11.8 Å². The van der Waals surface area contributed by atoms with Crippen LogP contribution >= 0.6 is 11.8 Å². The molecule has 0 aromatic carbocycles. The van der Waals surface area contributed by atoms with E-state index < -0.39 is 17.9 Å². The second-order valence-corrected chi connectivity index (χ2v) is 5.79. The third-order valence-corrected chi connectivity index (χ3v) is 4.28. The number of thioether (sulfide) groups is 1. The van der Waals surface area contributed by atoms with Gasteiger partial charge in [0.2, 0.25) is 5.92 Å². The topological polar surface area (TPSA) is 52.3 Å². The van der Waals surface area contributed by atoms with Gasteiger partial charge in [-0.3, -0.25) is 4.79 Å². The first kappa shape index (κ1) is 15.7. The molecule has 6 heteroatoms. The Morgan fingerprint density at radius 1 is 1.61 bits per heavy atom. The summed E-state index contributed by atoms with van der Waals surface area (Å²) < 4.78 is 31.1. The first-order valence-electron chi connectivity index (χ1n) is 6.32. The highest BCUT2D eigenvalue weighted by molar-refractivity contribution is 7.99. The minimum Gasteiger partial charge on any atom is -0.465 e. The molecule has 0 heterocycles. The van der Waals surface area contributed by atoms with Crippen LogP contribution in [0.2, 0.25) is 0 Å². The number of hydrogen-bond acceptors (Lipinski definition) is 4. The van der Waals surface area contributed by atoms with Crippen molar-refractivity contribution in [3.05, 3.63) is 0 Å². The smallest absolute Gasteiger partial charge is 0.323 e. The van der Waals surface area contributed by atoms with Crippen LogP contribution in [0.25, 0.3) is 0 Å². The maximum atomic E-state index is 13.2. The molecule has 3 nitrogen and oxygen atoms in total. The highest BCUT2D eigenvalue weighted by Crippen LogP contribution is 2.37. The zero-order chi connectivity index (χ0) is 13.6. The van der Waals surface area contributed by atoms with Gasteiger partial charge in [-0.1, -0.05) is 0 Å². The van der Waals surface area contributed by atoms with Gasteiger partial charge in [-0.15, -0.1) is 0 Å². The lowest BCUT2D eigenvalue weighted by molar-refractivity contribution is -0.144. The Labute approximate surface area is 111 Å². The maximum Gasteiger partial charge on any atom is 0.323 e. The summed E-state index contributed by atoms with van der Waals surface area (Å²) in [5, 5.41) is 0. The van der Waals surface area contributed by atoms with E-state index in [-0.39, 0.29) is 18.8 Å². The van der Waals surface area contributed by atoms with E-state index >= 15 is 0 Å². The monoisotopic (exact) mass is 281 g/mol. The second-order valence-electron chi connectivity index (χ2n) is 4.71. The fourth-order valence-electron chi connectivity index (χ4n) is 2.10. The summed E-state index contributed by atoms with van der Waals surface area (Å²) in [7, 11) is 0. The highest BCUT2D eigenvalue weighted by atomic mass is 32.2. The normalized spacial score (nSPS) is 24.6. The number of carbonyl (C=O) groups excluding carboxylic acids is 1. The van der Waals surface area contributed by atoms with Crippen LogP contribution < -0.4 is 5.73 Å². The number of rotatable bonds is 6. The quantitative estimate of drug-likeness (QED) is 0.760. The summed E-state index contributed by atoms with van der Waals surface area (Å²) in [6.45, 7) is 2.04. The molecule has 1 aliphatic rings. The van der Waals surface area contributed by atoms with Gasteiger partial charge in [0.05, 0.1) is 6.61 Å². The van der Waals surface area contributed by atoms with Crippen LogP contribution in [0.5, 0.6) is 0 Å². The van der Waals surface area contributed by atoms with Crippen LogP contribution in [0, 0.1) is 5.92 Å². The summed E-state index contributed by atoms with van der Waals surface area (Å²) in [6, 6.07) is -0.654. The summed E-state index contributed by atoms with van der Waals surface area (Å²) in [5.41, 5.74) is 5.63. The minimum absolute atomic E-state index is 0.0104. The fourth-order valence-corrected chi connectivity index (χ4v) is 3.24. The molecule has 0 saturated heterocycles. The van der Waals surface area contributed by atoms with E-state index in [0.717, 1.165) is 6.42 Å². The maximum absolute atomic E-state index is 13.2. The Morgan fingerprint density at radius 2 is 2.33 bits per heavy atom. The molecule has 2 N–H and O–H groups in total. The van der Waals surface area contributed by atoms with E-state index in [0.29, 0.717) is 24.5 Å². The van der Waals surface area contributed by atoms with E-state index in [1.807, 2.05) is 0 Å². The molecule has 1 saturated carbocycles. The zero-order valence-electron chi connectivity index (χ0n) is 10.7. The number of carbonyl (C=O) groups is 1. The fraction of sp³-hybridized carbons (Fsp3) is 0.917. The van der Waals surface area contributed by atoms with Crippen LogP contribution in [-0.2, 0) is 9.53 Å². The molecular weight excluding hydrogens is 260 g/mol. The van der Waals surface area contributed by atoms with E-state index in [4.69, 9.17) is 10.5 Å². The SMILES string of the molecule is CCOC(=O)C(N)CSCC1CCCC(F)(F)C1. The molecule has 0 spiro atoms. The van der Waals surface area contributed by atoms with Gasteiger partial charge in [0.1, 0.15) is 6.04 Å². The van der Waals surface area contributed by atoms with Crippen molar-refractivity contribution in [1.29, 1.82) is 0 Å². The number of ether oxygens (including phenoxy) is 1. The summed E-state index contributed by atoms with van der Waals surface area (Å²) in [4.78, 5) is 11.2. The van der Waals surface area contributed by atoms with Gasteiger partial charge in [0, 0.05) is 18.6 Å². The van der Waals surface area contributed by atoms with Crippen LogP contribution in [0.1, 0.15) is 32.6 Å². The van der Waals surface area contributed by atoms with Crippen molar-refractivity contribution in [2.24, 2.45) is 11.7 Å². The summed E-state index contributed by atoms with van der Waals surface area (Å²) in [6.07, 6.45) is 1.41. The number of alkyl halides is 2. The van der Waals surface area contributed by atoms with Crippen LogP contribution in [0.3, 0.4) is 0 Å². The molecule has 106 valence electrons. The molecular formula is C12H21F2NO2S. The Balaban J connectivity index is 2.19. The molecule has 0 radical (unpaired) electrons. The number of nitrogens with two attached hydrogens (primary N) is 1. The lowest BCUT2D eigenvalue weighted by atomic mass is 9.88. The van der Waals surface area contributed by atoms with E-state index in [9.17, 15) is 13.6 Å². The first-order chi connectivity index (χ1) is 8.44. The molecule has 2 atom stereocenters. The molecule has 18 heavy (non-hydrogen) atoms. The molecule has 0 aromatic rings. The summed E-state index contributed by atoms with van der Waals surface area (Å²) in [5.74, 6) is -1.82. The molecule has 1 rings (SSSR count). The van der Waals surface area contributed by atoms with Gasteiger partial charge in [-0.05, 0) is 31.4 Å². The van der Waals surface area contributed by atoms with Crippen molar-refractivity contribution in [1.82, 2.24) is 0 Å². The van der Waals surface area contributed by atoms with Gasteiger partial charge >= 0.3 is 5.97 Å². The van der Waals surface area contributed by atoms with Crippen LogP contribution in [0.15, 0.2) is 0 Å². The molecule has 0 bridgehead atoms. The zero-order valence-corrected chi connectivity index (χ0v) is 11.5. The van der Waals surface area contributed by atoms with E-state index in [2.05, 4.69) is 0 Å². The second kappa shape index (κ2) is 7.28. The first-order valence-corrected chi connectivity index (χ1v) is 7.48. The number of esters is 1.